The summed E-state index contributed by atoms with van der Waals surface area (Å²) in [4.78, 5) is 26.4. The van der Waals surface area contributed by atoms with Crippen molar-refractivity contribution in [3.63, 3.8) is 0 Å². The number of carbonyl (C=O) groups excluding carboxylic acids is 2. The van der Waals surface area contributed by atoms with Gasteiger partial charge in [0.25, 0.3) is 5.91 Å². The fourth-order valence-corrected chi connectivity index (χ4v) is 2.79. The number of amides is 2. The van der Waals surface area contributed by atoms with E-state index in [1.165, 1.54) is 30.9 Å². The molecular formula is C17H23N5O4S. The number of nitrogens with one attached hydrogen (secondary N) is 1. The third kappa shape index (κ3) is 4.91. The molecule has 10 heteroatoms. The van der Waals surface area contributed by atoms with E-state index in [-0.39, 0.29) is 24.1 Å². The second-order valence-corrected chi connectivity index (χ2v) is 6.63. The van der Waals surface area contributed by atoms with Crippen molar-refractivity contribution in [3.05, 3.63) is 29.8 Å². The molecule has 0 radical (unpaired) electrons. The van der Waals surface area contributed by atoms with Crippen LogP contribution in [0.2, 0.25) is 0 Å². The molecule has 1 aromatic heterocycles. The van der Waals surface area contributed by atoms with Crippen LogP contribution in [0, 0.1) is 0 Å². The van der Waals surface area contributed by atoms with Crippen molar-refractivity contribution in [2.75, 3.05) is 38.6 Å². The minimum atomic E-state index is -0.251. The number of hydrogen-bond donors (Lipinski definition) is 1. The molecule has 2 amide bonds. The Kier molecular flexibility index (Phi) is 7.05. The van der Waals surface area contributed by atoms with Crippen LogP contribution in [-0.4, -0.2) is 64.8 Å². The van der Waals surface area contributed by atoms with Crippen LogP contribution in [0.3, 0.4) is 0 Å². The summed E-state index contributed by atoms with van der Waals surface area (Å²) in [6.45, 7) is 0.290. The van der Waals surface area contributed by atoms with E-state index in [1.54, 1.807) is 30.1 Å². The van der Waals surface area contributed by atoms with Gasteiger partial charge in [0.1, 0.15) is 6.33 Å². The van der Waals surface area contributed by atoms with Gasteiger partial charge in [-0.3, -0.25) is 9.59 Å². The SMILES string of the molecule is COc1cc(C(=O)N(C)Cc2nncn2C)cc(NC(=O)CSC)c1OC. The maximum Gasteiger partial charge on any atom is 0.254 e. The van der Waals surface area contributed by atoms with Crippen LogP contribution in [0.4, 0.5) is 5.69 Å². The highest BCUT2D eigenvalue weighted by Gasteiger charge is 2.21. The van der Waals surface area contributed by atoms with Crippen molar-refractivity contribution in [3.8, 4) is 11.5 Å². The van der Waals surface area contributed by atoms with E-state index in [0.717, 1.165) is 0 Å². The van der Waals surface area contributed by atoms with Gasteiger partial charge < -0.3 is 24.3 Å². The van der Waals surface area contributed by atoms with Gasteiger partial charge in [-0.05, 0) is 18.4 Å². The smallest absolute Gasteiger partial charge is 0.254 e. The largest absolute Gasteiger partial charge is 0.493 e. The Balaban J connectivity index is 2.33. The maximum absolute atomic E-state index is 12.9. The van der Waals surface area contributed by atoms with Gasteiger partial charge in [-0.2, -0.15) is 11.8 Å². The predicted octanol–water partition coefficient (Wildman–Crippen LogP) is 1.41. The van der Waals surface area contributed by atoms with E-state index in [1.807, 2.05) is 13.3 Å². The van der Waals surface area contributed by atoms with Crippen LogP contribution >= 0.6 is 11.8 Å². The Bertz CT molecular complexity index is 824. The zero-order chi connectivity index (χ0) is 20.0. The number of anilines is 1. The fourth-order valence-electron chi connectivity index (χ4n) is 2.45. The van der Waals surface area contributed by atoms with Gasteiger partial charge in [0, 0.05) is 19.7 Å². The highest BCUT2D eigenvalue weighted by molar-refractivity contribution is 7.99. The number of hydrogen-bond acceptors (Lipinski definition) is 7. The van der Waals surface area contributed by atoms with Gasteiger partial charge in [0.15, 0.2) is 17.3 Å². The van der Waals surface area contributed by atoms with Crippen LogP contribution in [-0.2, 0) is 18.4 Å². The predicted molar refractivity (Wildman–Crippen MR) is 103 cm³/mol. The van der Waals surface area contributed by atoms with Crippen molar-refractivity contribution in [1.82, 2.24) is 19.7 Å². The Hall–Kier alpha value is -2.75. The van der Waals surface area contributed by atoms with E-state index in [2.05, 4.69) is 15.5 Å². The highest BCUT2D eigenvalue weighted by atomic mass is 32.2. The number of carbonyl (C=O) groups is 2. The van der Waals surface area contributed by atoms with Crippen LogP contribution < -0.4 is 14.8 Å². The summed E-state index contributed by atoms with van der Waals surface area (Å²) in [5.41, 5.74) is 0.739. The molecule has 0 atom stereocenters. The average Bonchev–Trinajstić information content (AvgIpc) is 3.05. The lowest BCUT2D eigenvalue weighted by atomic mass is 10.1. The Labute approximate surface area is 162 Å². The molecule has 0 aliphatic heterocycles. The molecule has 0 unspecified atom stereocenters. The number of methoxy groups -OCH3 is 2. The topological polar surface area (TPSA) is 98.6 Å². The van der Waals surface area contributed by atoms with Crippen LogP contribution in [0.15, 0.2) is 18.5 Å². The quantitative estimate of drug-likeness (QED) is 0.724. The van der Waals surface area contributed by atoms with Crippen LogP contribution in [0.25, 0.3) is 0 Å². The second kappa shape index (κ2) is 9.26. The van der Waals surface area contributed by atoms with Gasteiger partial charge >= 0.3 is 0 Å². The first kappa shape index (κ1) is 20.6. The highest BCUT2D eigenvalue weighted by Crippen LogP contribution is 2.37. The van der Waals surface area contributed by atoms with Gasteiger partial charge in [0.05, 0.1) is 32.2 Å². The summed E-state index contributed by atoms with van der Waals surface area (Å²) in [5, 5.41) is 10.6. The molecule has 1 heterocycles. The number of ether oxygens (including phenoxy) is 2. The maximum atomic E-state index is 12.9. The van der Waals surface area contributed by atoms with Crippen molar-refractivity contribution in [2.45, 2.75) is 6.54 Å². The minimum absolute atomic E-state index is 0.195. The standard InChI is InChI=1S/C17H23N5O4S/c1-21(8-14-20-18-10-22(14)2)17(24)11-6-12(19-15(23)9-27-5)16(26-4)13(7-11)25-3/h6-7,10H,8-9H2,1-5H3,(H,19,23). The van der Waals surface area contributed by atoms with Crippen molar-refractivity contribution < 1.29 is 19.1 Å². The van der Waals surface area contributed by atoms with E-state index >= 15 is 0 Å². The van der Waals surface area contributed by atoms with Crippen LogP contribution in [0.1, 0.15) is 16.2 Å². The number of aryl methyl sites for hydroxylation is 1. The Morgan fingerprint density at radius 1 is 1.30 bits per heavy atom. The first-order chi connectivity index (χ1) is 12.9. The van der Waals surface area contributed by atoms with E-state index < -0.39 is 0 Å². The first-order valence-corrected chi connectivity index (χ1v) is 9.43. The molecule has 1 aromatic carbocycles. The zero-order valence-electron chi connectivity index (χ0n) is 16.0. The number of thioether (sulfide) groups is 1. The summed E-state index contributed by atoms with van der Waals surface area (Å²) < 4.78 is 12.4. The van der Waals surface area contributed by atoms with Crippen molar-refractivity contribution >= 4 is 29.3 Å². The number of benzene rings is 1. The Morgan fingerprint density at radius 2 is 2.04 bits per heavy atom. The van der Waals surface area contributed by atoms with Gasteiger partial charge in [-0.15, -0.1) is 10.2 Å². The monoisotopic (exact) mass is 393 g/mol. The average molecular weight is 393 g/mol. The zero-order valence-corrected chi connectivity index (χ0v) is 16.8. The lowest BCUT2D eigenvalue weighted by molar-refractivity contribution is -0.113. The van der Waals surface area contributed by atoms with Crippen LogP contribution in [0.5, 0.6) is 11.5 Å². The first-order valence-electron chi connectivity index (χ1n) is 8.04. The fraction of sp³-hybridized carbons (Fsp3) is 0.412. The molecule has 0 saturated carbocycles. The molecule has 0 bridgehead atoms. The molecular weight excluding hydrogens is 370 g/mol. The molecule has 2 rings (SSSR count). The van der Waals surface area contributed by atoms with E-state index in [0.29, 0.717) is 28.6 Å². The molecule has 0 spiro atoms. The third-order valence-corrected chi connectivity index (χ3v) is 4.36. The molecule has 1 N–H and O–H groups in total. The molecule has 0 fully saturated rings. The summed E-state index contributed by atoms with van der Waals surface area (Å²) in [5.74, 6) is 1.21. The molecule has 27 heavy (non-hydrogen) atoms. The van der Waals surface area contributed by atoms with E-state index in [4.69, 9.17) is 9.47 Å². The van der Waals surface area contributed by atoms with E-state index in [9.17, 15) is 9.59 Å². The molecule has 0 saturated heterocycles. The molecule has 146 valence electrons. The Morgan fingerprint density at radius 3 is 2.59 bits per heavy atom. The molecule has 9 nitrogen and oxygen atoms in total. The summed E-state index contributed by atoms with van der Waals surface area (Å²) in [6, 6.07) is 3.16. The summed E-state index contributed by atoms with van der Waals surface area (Å²) >= 11 is 1.40. The van der Waals surface area contributed by atoms with Gasteiger partial charge in [0.2, 0.25) is 5.91 Å². The normalized spacial score (nSPS) is 10.4. The number of rotatable bonds is 8. The lowest BCUT2D eigenvalue weighted by Gasteiger charge is -2.19. The second-order valence-electron chi connectivity index (χ2n) is 5.76. The molecule has 2 aromatic rings. The number of nitrogens with zero attached hydrogens (tertiary/aromatic N) is 4. The third-order valence-electron chi connectivity index (χ3n) is 3.81. The summed E-state index contributed by atoms with van der Waals surface area (Å²) in [6.07, 6.45) is 3.40. The van der Waals surface area contributed by atoms with Gasteiger partial charge in [-0.1, -0.05) is 0 Å². The summed E-state index contributed by atoms with van der Waals surface area (Å²) in [7, 11) is 6.43. The van der Waals surface area contributed by atoms with Crippen molar-refractivity contribution in [1.29, 1.82) is 0 Å². The lowest BCUT2D eigenvalue weighted by Crippen LogP contribution is -2.27. The number of aromatic nitrogens is 3. The molecule has 0 aliphatic carbocycles. The molecule has 0 aliphatic rings. The van der Waals surface area contributed by atoms with Crippen molar-refractivity contribution in [2.24, 2.45) is 7.05 Å². The minimum Gasteiger partial charge on any atom is -0.493 e. The van der Waals surface area contributed by atoms with Gasteiger partial charge in [-0.25, -0.2) is 0 Å².